The maximum absolute atomic E-state index is 9.91. The average Bonchev–Trinajstić information content (AvgIpc) is 2.18. The van der Waals surface area contributed by atoms with Crippen LogP contribution in [0.4, 0.5) is 0 Å². The second-order valence-corrected chi connectivity index (χ2v) is 4.53. The van der Waals surface area contributed by atoms with Gasteiger partial charge in [0.1, 0.15) is 5.76 Å². The number of allylic oxidation sites excluding steroid dienone is 3. The van der Waals surface area contributed by atoms with E-state index < -0.39 is 0 Å². The fraction of sp³-hybridized carbons (Fsp3) is 0.714. The quantitative estimate of drug-likeness (QED) is 0.524. The molecule has 0 amide bonds. The molecule has 0 heterocycles. The lowest BCUT2D eigenvalue weighted by molar-refractivity contribution is 0.332. The SMILES string of the molecule is CC/C=C(/O)C(CCN(C)CCC)=C(C)C. The summed E-state index contributed by atoms with van der Waals surface area (Å²) in [6.45, 7) is 10.5. The van der Waals surface area contributed by atoms with E-state index in [2.05, 4.69) is 32.7 Å². The lowest BCUT2D eigenvalue weighted by Gasteiger charge is -2.17. The van der Waals surface area contributed by atoms with Crippen LogP contribution in [0.5, 0.6) is 0 Å². The van der Waals surface area contributed by atoms with Gasteiger partial charge in [-0.2, -0.15) is 0 Å². The van der Waals surface area contributed by atoms with E-state index in [1.165, 1.54) is 12.0 Å². The van der Waals surface area contributed by atoms with Gasteiger partial charge in [-0.3, -0.25) is 0 Å². The lowest BCUT2D eigenvalue weighted by Crippen LogP contribution is -2.21. The maximum Gasteiger partial charge on any atom is 0.114 e. The molecule has 0 bridgehead atoms. The smallest absolute Gasteiger partial charge is 0.114 e. The van der Waals surface area contributed by atoms with Crippen molar-refractivity contribution < 1.29 is 5.11 Å². The summed E-state index contributed by atoms with van der Waals surface area (Å²) >= 11 is 0. The van der Waals surface area contributed by atoms with Crippen molar-refractivity contribution in [2.24, 2.45) is 0 Å². The van der Waals surface area contributed by atoms with Crippen molar-refractivity contribution in [3.63, 3.8) is 0 Å². The van der Waals surface area contributed by atoms with Crippen LogP contribution in [-0.2, 0) is 0 Å². The second-order valence-electron chi connectivity index (χ2n) is 4.53. The van der Waals surface area contributed by atoms with Gasteiger partial charge >= 0.3 is 0 Å². The Morgan fingerprint density at radius 1 is 1.19 bits per heavy atom. The Labute approximate surface area is 101 Å². The van der Waals surface area contributed by atoms with Crippen molar-refractivity contribution >= 4 is 0 Å². The zero-order chi connectivity index (χ0) is 12.6. The molecule has 0 fully saturated rings. The van der Waals surface area contributed by atoms with Gasteiger partial charge in [-0.05, 0) is 58.4 Å². The van der Waals surface area contributed by atoms with E-state index in [0.717, 1.165) is 31.5 Å². The first-order valence-electron chi connectivity index (χ1n) is 6.27. The zero-order valence-corrected chi connectivity index (χ0v) is 11.5. The van der Waals surface area contributed by atoms with Crippen LogP contribution in [0, 0.1) is 0 Å². The molecule has 0 aromatic carbocycles. The largest absolute Gasteiger partial charge is 0.508 e. The Balaban J connectivity index is 4.39. The van der Waals surface area contributed by atoms with E-state index in [1.807, 2.05) is 13.0 Å². The van der Waals surface area contributed by atoms with Gasteiger partial charge in [0.05, 0.1) is 0 Å². The molecule has 0 atom stereocenters. The van der Waals surface area contributed by atoms with Crippen LogP contribution < -0.4 is 0 Å². The molecule has 0 rings (SSSR count). The molecular weight excluding hydrogens is 198 g/mol. The molecule has 0 spiro atoms. The minimum absolute atomic E-state index is 0.465. The van der Waals surface area contributed by atoms with Crippen molar-refractivity contribution in [2.45, 2.75) is 47.0 Å². The summed E-state index contributed by atoms with van der Waals surface area (Å²) in [5, 5.41) is 9.91. The molecule has 0 saturated carbocycles. The van der Waals surface area contributed by atoms with Crippen LogP contribution in [0.1, 0.15) is 47.0 Å². The highest BCUT2D eigenvalue weighted by Gasteiger charge is 2.06. The number of nitrogens with zero attached hydrogens (tertiary/aromatic N) is 1. The topological polar surface area (TPSA) is 23.5 Å². The average molecular weight is 225 g/mol. The van der Waals surface area contributed by atoms with E-state index in [9.17, 15) is 5.11 Å². The molecule has 0 unspecified atom stereocenters. The Morgan fingerprint density at radius 2 is 1.81 bits per heavy atom. The molecule has 0 aliphatic rings. The molecule has 1 N–H and O–H groups in total. The Hall–Kier alpha value is -0.760. The predicted molar refractivity (Wildman–Crippen MR) is 71.8 cm³/mol. The highest BCUT2D eigenvalue weighted by Crippen LogP contribution is 2.17. The monoisotopic (exact) mass is 225 g/mol. The van der Waals surface area contributed by atoms with Gasteiger partial charge in [-0.1, -0.05) is 19.4 Å². The third kappa shape index (κ3) is 5.96. The minimum atomic E-state index is 0.465. The highest BCUT2D eigenvalue weighted by molar-refractivity contribution is 5.28. The second kappa shape index (κ2) is 8.40. The molecular formula is C14H27NO. The summed E-state index contributed by atoms with van der Waals surface area (Å²) in [5.74, 6) is 0.465. The maximum atomic E-state index is 9.91. The standard InChI is InChI=1S/C14H27NO/c1-6-8-14(16)13(12(3)4)9-11-15(5)10-7-2/h8,16H,6-7,9-11H2,1-5H3/b14-8+. The molecule has 2 nitrogen and oxygen atoms in total. The normalized spacial score (nSPS) is 12.0. The minimum Gasteiger partial charge on any atom is -0.508 e. The van der Waals surface area contributed by atoms with Crippen molar-refractivity contribution in [2.75, 3.05) is 20.1 Å². The lowest BCUT2D eigenvalue weighted by atomic mass is 10.0. The first-order chi connectivity index (χ1) is 7.52. The number of aliphatic hydroxyl groups excluding tert-OH is 1. The summed E-state index contributed by atoms with van der Waals surface area (Å²) in [6.07, 6.45) is 4.88. The zero-order valence-electron chi connectivity index (χ0n) is 11.5. The number of rotatable bonds is 7. The molecule has 94 valence electrons. The fourth-order valence-corrected chi connectivity index (χ4v) is 1.75. The third-order valence-corrected chi connectivity index (χ3v) is 2.66. The molecule has 0 aromatic rings. The number of aliphatic hydroxyl groups is 1. The van der Waals surface area contributed by atoms with Gasteiger partial charge in [-0.25, -0.2) is 0 Å². The summed E-state index contributed by atoms with van der Waals surface area (Å²) in [4.78, 5) is 2.31. The van der Waals surface area contributed by atoms with E-state index >= 15 is 0 Å². The van der Waals surface area contributed by atoms with Crippen LogP contribution in [0.2, 0.25) is 0 Å². The predicted octanol–water partition coefficient (Wildman–Crippen LogP) is 3.91. The van der Waals surface area contributed by atoms with Gasteiger partial charge in [0.25, 0.3) is 0 Å². The molecule has 16 heavy (non-hydrogen) atoms. The first kappa shape index (κ1) is 15.2. The summed E-state index contributed by atoms with van der Waals surface area (Å²) < 4.78 is 0. The van der Waals surface area contributed by atoms with E-state index in [0.29, 0.717) is 5.76 Å². The molecule has 0 saturated heterocycles. The summed E-state index contributed by atoms with van der Waals surface area (Å²) in [6, 6.07) is 0. The van der Waals surface area contributed by atoms with Crippen molar-refractivity contribution in [1.29, 1.82) is 0 Å². The van der Waals surface area contributed by atoms with Crippen LogP contribution in [0.25, 0.3) is 0 Å². The Bertz CT molecular complexity index is 249. The van der Waals surface area contributed by atoms with Crippen LogP contribution in [0.15, 0.2) is 23.0 Å². The number of hydrogen-bond donors (Lipinski definition) is 1. The molecule has 0 aromatic heterocycles. The van der Waals surface area contributed by atoms with Crippen molar-refractivity contribution in [3.05, 3.63) is 23.0 Å². The van der Waals surface area contributed by atoms with Gasteiger partial charge < -0.3 is 10.0 Å². The van der Waals surface area contributed by atoms with Crippen LogP contribution >= 0.6 is 0 Å². The number of hydrogen-bond acceptors (Lipinski definition) is 2. The first-order valence-corrected chi connectivity index (χ1v) is 6.27. The third-order valence-electron chi connectivity index (χ3n) is 2.66. The highest BCUT2D eigenvalue weighted by atomic mass is 16.3. The van der Waals surface area contributed by atoms with E-state index in [-0.39, 0.29) is 0 Å². The molecule has 2 heteroatoms. The van der Waals surface area contributed by atoms with Crippen LogP contribution in [0.3, 0.4) is 0 Å². The van der Waals surface area contributed by atoms with Crippen LogP contribution in [-0.4, -0.2) is 30.1 Å². The van der Waals surface area contributed by atoms with Gasteiger partial charge in [0.2, 0.25) is 0 Å². The molecule has 0 radical (unpaired) electrons. The Kier molecular flexibility index (Phi) is 8.00. The van der Waals surface area contributed by atoms with Crippen molar-refractivity contribution in [3.8, 4) is 0 Å². The van der Waals surface area contributed by atoms with Gasteiger partial charge in [0, 0.05) is 6.54 Å². The van der Waals surface area contributed by atoms with Gasteiger partial charge in [-0.15, -0.1) is 0 Å². The van der Waals surface area contributed by atoms with E-state index in [4.69, 9.17) is 0 Å². The summed E-state index contributed by atoms with van der Waals surface area (Å²) in [7, 11) is 2.13. The van der Waals surface area contributed by atoms with Gasteiger partial charge in [0.15, 0.2) is 0 Å². The van der Waals surface area contributed by atoms with Crippen molar-refractivity contribution in [1.82, 2.24) is 4.90 Å². The Morgan fingerprint density at radius 3 is 2.25 bits per heavy atom. The summed E-state index contributed by atoms with van der Waals surface area (Å²) in [5.41, 5.74) is 2.32. The molecule has 0 aliphatic heterocycles. The van der Waals surface area contributed by atoms with E-state index in [1.54, 1.807) is 0 Å². The fourth-order valence-electron chi connectivity index (χ4n) is 1.75. The molecule has 0 aliphatic carbocycles.